The van der Waals surface area contributed by atoms with E-state index in [1.165, 1.54) is 5.56 Å². The second-order valence-corrected chi connectivity index (χ2v) is 4.06. The molecule has 1 heterocycles. The van der Waals surface area contributed by atoms with E-state index in [0.717, 1.165) is 18.5 Å². The van der Waals surface area contributed by atoms with Crippen LogP contribution in [0.4, 0.5) is 11.5 Å². The van der Waals surface area contributed by atoms with Crippen LogP contribution in [0.5, 0.6) is 0 Å². The molecule has 2 rings (SSSR count). The van der Waals surface area contributed by atoms with Gasteiger partial charge in [0.05, 0.1) is 5.56 Å². The highest BCUT2D eigenvalue weighted by Crippen LogP contribution is 2.28. The Balaban J connectivity index is 2.52. The van der Waals surface area contributed by atoms with Gasteiger partial charge in [-0.2, -0.15) is 0 Å². The number of aromatic nitrogens is 1. The van der Waals surface area contributed by atoms with Gasteiger partial charge in [0.1, 0.15) is 5.82 Å². The Labute approximate surface area is 107 Å². The van der Waals surface area contributed by atoms with E-state index in [9.17, 15) is 4.79 Å². The number of benzene rings is 1. The summed E-state index contributed by atoms with van der Waals surface area (Å²) in [5.74, 6) is 0.712. The van der Waals surface area contributed by atoms with Gasteiger partial charge < -0.3 is 4.90 Å². The van der Waals surface area contributed by atoms with E-state index >= 15 is 0 Å². The minimum Gasteiger partial charge on any atom is -0.326 e. The molecule has 18 heavy (non-hydrogen) atoms. The van der Waals surface area contributed by atoms with E-state index in [2.05, 4.69) is 29.8 Å². The lowest BCUT2D eigenvalue weighted by atomic mass is 10.1. The van der Waals surface area contributed by atoms with Gasteiger partial charge in [-0.3, -0.25) is 4.79 Å². The molecule has 3 nitrogen and oxygen atoms in total. The quantitative estimate of drug-likeness (QED) is 0.768. The molecular weight excluding hydrogens is 224 g/mol. The van der Waals surface area contributed by atoms with Gasteiger partial charge in [0, 0.05) is 18.4 Å². The standard InChI is InChI=1S/C15H16N2O/c1-3-17(14-9-5-4-7-12(14)2)15-13(11-18)8-6-10-16-15/h4-11H,3H2,1-2H3. The number of hydrogen-bond acceptors (Lipinski definition) is 3. The van der Waals surface area contributed by atoms with E-state index in [1.807, 2.05) is 18.2 Å². The first-order valence-corrected chi connectivity index (χ1v) is 6.01. The second kappa shape index (κ2) is 5.45. The fourth-order valence-electron chi connectivity index (χ4n) is 2.03. The number of rotatable bonds is 4. The van der Waals surface area contributed by atoms with Crippen molar-refractivity contribution >= 4 is 17.8 Å². The Morgan fingerprint density at radius 1 is 1.22 bits per heavy atom. The summed E-state index contributed by atoms with van der Waals surface area (Å²) in [5.41, 5.74) is 2.87. The molecule has 1 aromatic carbocycles. The second-order valence-electron chi connectivity index (χ2n) is 4.06. The Hall–Kier alpha value is -2.16. The monoisotopic (exact) mass is 240 g/mol. The van der Waals surface area contributed by atoms with E-state index in [1.54, 1.807) is 18.3 Å². The molecule has 1 aromatic heterocycles. The van der Waals surface area contributed by atoms with Crippen LogP contribution in [0.25, 0.3) is 0 Å². The van der Waals surface area contributed by atoms with Crippen LogP contribution in [0.3, 0.4) is 0 Å². The maximum absolute atomic E-state index is 11.1. The zero-order valence-electron chi connectivity index (χ0n) is 10.6. The largest absolute Gasteiger partial charge is 0.326 e. The number of carbonyl (C=O) groups is 1. The zero-order chi connectivity index (χ0) is 13.0. The van der Waals surface area contributed by atoms with E-state index in [-0.39, 0.29) is 0 Å². The first-order valence-electron chi connectivity index (χ1n) is 6.01. The maximum atomic E-state index is 11.1. The van der Waals surface area contributed by atoms with Crippen molar-refractivity contribution in [2.45, 2.75) is 13.8 Å². The van der Waals surface area contributed by atoms with E-state index in [0.29, 0.717) is 11.4 Å². The molecule has 0 aliphatic heterocycles. The molecule has 0 bridgehead atoms. The van der Waals surface area contributed by atoms with Crippen molar-refractivity contribution in [3.05, 3.63) is 53.7 Å². The SMILES string of the molecule is CCN(c1ccccc1C)c1ncccc1C=O. The van der Waals surface area contributed by atoms with Crippen molar-refractivity contribution in [1.82, 2.24) is 4.98 Å². The van der Waals surface area contributed by atoms with Gasteiger partial charge in [-0.1, -0.05) is 18.2 Å². The molecule has 0 radical (unpaired) electrons. The molecule has 0 saturated heterocycles. The minimum atomic E-state index is 0.614. The van der Waals surface area contributed by atoms with Crippen LogP contribution >= 0.6 is 0 Å². The van der Waals surface area contributed by atoms with E-state index < -0.39 is 0 Å². The lowest BCUT2D eigenvalue weighted by Gasteiger charge is -2.24. The number of carbonyl (C=O) groups excluding carboxylic acids is 1. The predicted octanol–water partition coefficient (Wildman–Crippen LogP) is 3.36. The topological polar surface area (TPSA) is 33.2 Å². The summed E-state index contributed by atoms with van der Waals surface area (Å²) < 4.78 is 0. The molecule has 0 saturated carbocycles. The molecule has 0 aliphatic rings. The summed E-state index contributed by atoms with van der Waals surface area (Å²) in [5, 5.41) is 0. The van der Waals surface area contributed by atoms with Crippen molar-refractivity contribution in [3.63, 3.8) is 0 Å². The summed E-state index contributed by atoms with van der Waals surface area (Å²) in [6, 6.07) is 11.7. The number of para-hydroxylation sites is 1. The number of anilines is 2. The highest BCUT2D eigenvalue weighted by Gasteiger charge is 2.13. The van der Waals surface area contributed by atoms with Gasteiger partial charge in [0.2, 0.25) is 0 Å². The summed E-state index contributed by atoms with van der Waals surface area (Å²) in [4.78, 5) is 17.5. The van der Waals surface area contributed by atoms with Crippen LogP contribution < -0.4 is 4.90 Å². The number of pyridine rings is 1. The number of aryl methyl sites for hydroxylation is 1. The van der Waals surface area contributed by atoms with Crippen molar-refractivity contribution in [1.29, 1.82) is 0 Å². The molecule has 0 N–H and O–H groups in total. The molecular formula is C15H16N2O. The summed E-state index contributed by atoms with van der Waals surface area (Å²) >= 11 is 0. The molecule has 0 spiro atoms. The summed E-state index contributed by atoms with van der Waals surface area (Å²) in [6.07, 6.45) is 2.56. The average molecular weight is 240 g/mol. The Morgan fingerprint density at radius 2 is 2.00 bits per heavy atom. The predicted molar refractivity (Wildman–Crippen MR) is 73.5 cm³/mol. The zero-order valence-corrected chi connectivity index (χ0v) is 10.6. The summed E-state index contributed by atoms with van der Waals surface area (Å²) in [6.45, 7) is 4.87. The lowest BCUT2D eigenvalue weighted by Crippen LogP contribution is -2.19. The number of nitrogens with zero attached hydrogens (tertiary/aromatic N) is 2. The Kier molecular flexibility index (Phi) is 3.72. The normalized spacial score (nSPS) is 10.1. The minimum absolute atomic E-state index is 0.614. The molecule has 0 amide bonds. The van der Waals surface area contributed by atoms with Gasteiger partial charge >= 0.3 is 0 Å². The van der Waals surface area contributed by atoms with Crippen LogP contribution in [0.15, 0.2) is 42.6 Å². The van der Waals surface area contributed by atoms with Gasteiger partial charge in [-0.25, -0.2) is 4.98 Å². The van der Waals surface area contributed by atoms with Gasteiger partial charge in [0.25, 0.3) is 0 Å². The third-order valence-corrected chi connectivity index (χ3v) is 2.92. The highest BCUT2D eigenvalue weighted by atomic mass is 16.1. The van der Waals surface area contributed by atoms with Crippen LogP contribution in [0.2, 0.25) is 0 Å². The molecule has 0 fully saturated rings. The molecule has 92 valence electrons. The molecule has 2 aromatic rings. The van der Waals surface area contributed by atoms with Crippen LogP contribution in [0.1, 0.15) is 22.8 Å². The number of aldehydes is 1. The third-order valence-electron chi connectivity index (χ3n) is 2.92. The van der Waals surface area contributed by atoms with Gasteiger partial charge in [-0.15, -0.1) is 0 Å². The fourth-order valence-corrected chi connectivity index (χ4v) is 2.03. The van der Waals surface area contributed by atoms with Crippen molar-refractivity contribution in [2.75, 3.05) is 11.4 Å². The number of hydrogen-bond donors (Lipinski definition) is 0. The van der Waals surface area contributed by atoms with Crippen molar-refractivity contribution in [2.24, 2.45) is 0 Å². The van der Waals surface area contributed by atoms with Crippen LogP contribution in [0, 0.1) is 6.92 Å². The third kappa shape index (κ3) is 2.25. The smallest absolute Gasteiger partial charge is 0.153 e. The fraction of sp³-hybridized carbons (Fsp3) is 0.200. The first-order chi connectivity index (χ1) is 8.77. The molecule has 0 unspecified atom stereocenters. The molecule has 0 aliphatic carbocycles. The van der Waals surface area contributed by atoms with Gasteiger partial charge in [0.15, 0.2) is 6.29 Å². The summed E-state index contributed by atoms with van der Waals surface area (Å²) in [7, 11) is 0. The molecule has 0 atom stereocenters. The van der Waals surface area contributed by atoms with Crippen LogP contribution in [-0.2, 0) is 0 Å². The first kappa shape index (κ1) is 12.3. The average Bonchev–Trinajstić information content (AvgIpc) is 2.42. The van der Waals surface area contributed by atoms with Crippen molar-refractivity contribution < 1.29 is 4.79 Å². The lowest BCUT2D eigenvalue weighted by molar-refractivity contribution is 0.112. The Morgan fingerprint density at radius 3 is 2.67 bits per heavy atom. The van der Waals surface area contributed by atoms with E-state index in [4.69, 9.17) is 0 Å². The Bertz CT molecular complexity index is 552. The molecule has 3 heteroatoms. The maximum Gasteiger partial charge on any atom is 0.153 e. The van der Waals surface area contributed by atoms with Crippen LogP contribution in [-0.4, -0.2) is 17.8 Å². The highest BCUT2D eigenvalue weighted by molar-refractivity contribution is 5.85. The van der Waals surface area contributed by atoms with Gasteiger partial charge in [-0.05, 0) is 37.6 Å². The van der Waals surface area contributed by atoms with Crippen molar-refractivity contribution in [3.8, 4) is 0 Å².